The Morgan fingerprint density at radius 2 is 1.79 bits per heavy atom. The van der Waals surface area contributed by atoms with Crippen molar-refractivity contribution in [1.29, 1.82) is 0 Å². The second kappa shape index (κ2) is 5.65. The molecule has 1 spiro atoms. The van der Waals surface area contributed by atoms with Crippen molar-refractivity contribution in [3.05, 3.63) is 23.7 Å². The highest BCUT2D eigenvalue weighted by Crippen LogP contribution is 2.39. The first-order chi connectivity index (χ1) is 9.30. The van der Waals surface area contributed by atoms with Gasteiger partial charge < -0.3 is 14.8 Å². The third-order valence-electron chi connectivity index (χ3n) is 4.83. The minimum Gasteiger partial charge on any atom is -0.462 e. The molecule has 19 heavy (non-hydrogen) atoms. The van der Waals surface area contributed by atoms with Crippen LogP contribution in [0.2, 0.25) is 0 Å². The van der Waals surface area contributed by atoms with Crippen LogP contribution < -0.4 is 5.32 Å². The van der Waals surface area contributed by atoms with Gasteiger partial charge >= 0.3 is 0 Å². The lowest BCUT2D eigenvalue weighted by Crippen LogP contribution is -2.45. The first-order valence-corrected chi connectivity index (χ1v) is 7.41. The minimum absolute atomic E-state index is 0.00386. The molecule has 2 N–H and O–H groups in total. The number of rotatable bonds is 3. The van der Waals surface area contributed by atoms with E-state index in [-0.39, 0.29) is 6.61 Å². The Kier molecular flexibility index (Phi) is 3.91. The zero-order valence-electron chi connectivity index (χ0n) is 11.5. The van der Waals surface area contributed by atoms with Gasteiger partial charge in [0.15, 0.2) is 0 Å². The summed E-state index contributed by atoms with van der Waals surface area (Å²) in [5, 5.41) is 12.5. The molecule has 0 aromatic carbocycles. The molecule has 4 heteroatoms. The molecular weight excluding hydrogens is 240 g/mol. The van der Waals surface area contributed by atoms with E-state index in [1.807, 2.05) is 12.1 Å². The minimum atomic E-state index is -0.00386. The molecule has 2 aliphatic rings. The van der Waals surface area contributed by atoms with Crippen LogP contribution in [0.25, 0.3) is 0 Å². The molecule has 0 atom stereocenters. The van der Waals surface area contributed by atoms with Gasteiger partial charge in [-0.3, -0.25) is 4.90 Å². The molecule has 0 aliphatic carbocycles. The number of likely N-dealkylation sites (tertiary alicyclic amines) is 1. The largest absolute Gasteiger partial charge is 0.462 e. The predicted molar refractivity (Wildman–Crippen MR) is 73.7 cm³/mol. The Bertz CT molecular complexity index is 400. The number of nitrogens with one attached hydrogen (secondary N) is 1. The monoisotopic (exact) mass is 264 g/mol. The van der Waals surface area contributed by atoms with E-state index < -0.39 is 0 Å². The summed E-state index contributed by atoms with van der Waals surface area (Å²) in [4.78, 5) is 2.48. The highest BCUT2D eigenvalue weighted by atomic mass is 16.4. The van der Waals surface area contributed by atoms with Crippen LogP contribution in [0.1, 0.15) is 37.2 Å². The average Bonchev–Trinajstić information content (AvgIpc) is 2.90. The van der Waals surface area contributed by atoms with Crippen molar-refractivity contribution in [2.45, 2.75) is 38.8 Å². The zero-order chi connectivity index (χ0) is 13.1. The molecule has 3 rings (SSSR count). The van der Waals surface area contributed by atoms with E-state index in [1.54, 1.807) is 0 Å². The van der Waals surface area contributed by atoms with E-state index in [4.69, 9.17) is 9.52 Å². The van der Waals surface area contributed by atoms with Gasteiger partial charge in [0.2, 0.25) is 0 Å². The maximum atomic E-state index is 9.01. The molecule has 2 fully saturated rings. The summed E-state index contributed by atoms with van der Waals surface area (Å²) in [6.07, 6.45) is 5.33. The van der Waals surface area contributed by atoms with Crippen LogP contribution in [0.15, 0.2) is 16.5 Å². The number of hydrogen-bond donors (Lipinski definition) is 2. The number of piperidine rings is 2. The van der Waals surface area contributed by atoms with Crippen LogP contribution in [0.3, 0.4) is 0 Å². The lowest BCUT2D eigenvalue weighted by molar-refractivity contribution is 0.0660. The highest BCUT2D eigenvalue weighted by molar-refractivity contribution is 5.06. The number of aliphatic hydroxyl groups is 1. The predicted octanol–water partition coefficient (Wildman–Crippen LogP) is 1.74. The van der Waals surface area contributed by atoms with Gasteiger partial charge in [-0.05, 0) is 69.4 Å². The second-order valence-corrected chi connectivity index (χ2v) is 6.05. The van der Waals surface area contributed by atoms with Gasteiger partial charge in [0, 0.05) is 0 Å². The number of furan rings is 1. The summed E-state index contributed by atoms with van der Waals surface area (Å²) in [7, 11) is 0. The van der Waals surface area contributed by atoms with Gasteiger partial charge in [0.1, 0.15) is 18.1 Å². The number of aliphatic hydroxyl groups excluding tert-OH is 1. The molecule has 106 valence electrons. The van der Waals surface area contributed by atoms with E-state index in [0.29, 0.717) is 11.2 Å². The summed E-state index contributed by atoms with van der Waals surface area (Å²) >= 11 is 0. The van der Waals surface area contributed by atoms with Gasteiger partial charge in [-0.2, -0.15) is 0 Å². The number of nitrogens with zero attached hydrogens (tertiary/aromatic N) is 1. The molecule has 0 bridgehead atoms. The average molecular weight is 264 g/mol. The normalized spacial score (nSPS) is 23.8. The summed E-state index contributed by atoms with van der Waals surface area (Å²) in [5.74, 6) is 1.65. The summed E-state index contributed by atoms with van der Waals surface area (Å²) in [6, 6.07) is 3.86. The third kappa shape index (κ3) is 3.02. The van der Waals surface area contributed by atoms with E-state index in [9.17, 15) is 0 Å². The molecule has 0 amide bonds. The van der Waals surface area contributed by atoms with Crippen LogP contribution >= 0.6 is 0 Å². The maximum Gasteiger partial charge on any atom is 0.129 e. The van der Waals surface area contributed by atoms with Gasteiger partial charge in [0.25, 0.3) is 0 Å². The fourth-order valence-electron chi connectivity index (χ4n) is 3.46. The van der Waals surface area contributed by atoms with Crippen LogP contribution in [0.4, 0.5) is 0 Å². The lowest BCUT2D eigenvalue weighted by Gasteiger charge is -2.44. The standard InChI is InChI=1S/C15H24N2O2/c18-12-14-2-1-13(19-14)11-17-9-5-15(6-10-17)3-7-16-8-4-15/h1-2,16,18H,3-12H2. The van der Waals surface area contributed by atoms with Crippen LogP contribution in [0, 0.1) is 5.41 Å². The van der Waals surface area contributed by atoms with E-state index in [0.717, 1.165) is 12.3 Å². The molecule has 2 aliphatic heterocycles. The van der Waals surface area contributed by atoms with E-state index >= 15 is 0 Å². The van der Waals surface area contributed by atoms with Crippen molar-refractivity contribution in [1.82, 2.24) is 10.2 Å². The van der Waals surface area contributed by atoms with Crippen molar-refractivity contribution >= 4 is 0 Å². The molecule has 2 saturated heterocycles. The Morgan fingerprint density at radius 1 is 1.11 bits per heavy atom. The SMILES string of the molecule is OCc1ccc(CN2CCC3(CCNCC3)CC2)o1. The fourth-order valence-corrected chi connectivity index (χ4v) is 3.46. The fraction of sp³-hybridized carbons (Fsp3) is 0.733. The van der Waals surface area contributed by atoms with E-state index in [1.165, 1.54) is 51.9 Å². The van der Waals surface area contributed by atoms with Crippen molar-refractivity contribution in [3.63, 3.8) is 0 Å². The summed E-state index contributed by atoms with van der Waals surface area (Å²) in [5.41, 5.74) is 0.612. The Labute approximate surface area is 114 Å². The van der Waals surface area contributed by atoms with Crippen LogP contribution in [0.5, 0.6) is 0 Å². The van der Waals surface area contributed by atoms with Gasteiger partial charge in [0.05, 0.1) is 6.54 Å². The van der Waals surface area contributed by atoms with Gasteiger partial charge in [-0.15, -0.1) is 0 Å². The molecule has 0 radical (unpaired) electrons. The summed E-state index contributed by atoms with van der Waals surface area (Å²) < 4.78 is 5.57. The zero-order valence-corrected chi connectivity index (χ0v) is 11.5. The molecule has 3 heterocycles. The maximum absolute atomic E-state index is 9.01. The highest BCUT2D eigenvalue weighted by Gasteiger charge is 2.35. The first-order valence-electron chi connectivity index (χ1n) is 7.41. The Balaban J connectivity index is 1.52. The van der Waals surface area contributed by atoms with Crippen molar-refractivity contribution in [2.75, 3.05) is 26.2 Å². The van der Waals surface area contributed by atoms with Crippen molar-refractivity contribution < 1.29 is 9.52 Å². The molecule has 0 saturated carbocycles. The van der Waals surface area contributed by atoms with Crippen molar-refractivity contribution in [2.24, 2.45) is 5.41 Å². The molecule has 1 aromatic rings. The first kappa shape index (κ1) is 13.2. The topological polar surface area (TPSA) is 48.6 Å². The van der Waals surface area contributed by atoms with Gasteiger partial charge in [-0.1, -0.05) is 0 Å². The van der Waals surface area contributed by atoms with Crippen LogP contribution in [-0.4, -0.2) is 36.2 Å². The smallest absolute Gasteiger partial charge is 0.129 e. The van der Waals surface area contributed by atoms with E-state index in [2.05, 4.69) is 10.2 Å². The van der Waals surface area contributed by atoms with Crippen LogP contribution in [-0.2, 0) is 13.2 Å². The number of hydrogen-bond acceptors (Lipinski definition) is 4. The quantitative estimate of drug-likeness (QED) is 0.873. The molecule has 0 unspecified atom stereocenters. The van der Waals surface area contributed by atoms with Crippen molar-refractivity contribution in [3.8, 4) is 0 Å². The molecular formula is C15H24N2O2. The third-order valence-corrected chi connectivity index (χ3v) is 4.83. The lowest BCUT2D eigenvalue weighted by atomic mass is 9.71. The Morgan fingerprint density at radius 3 is 2.42 bits per heavy atom. The van der Waals surface area contributed by atoms with Gasteiger partial charge in [-0.25, -0.2) is 0 Å². The summed E-state index contributed by atoms with van der Waals surface area (Å²) in [6.45, 7) is 5.62. The molecule has 4 nitrogen and oxygen atoms in total. The molecule has 1 aromatic heterocycles. The second-order valence-electron chi connectivity index (χ2n) is 6.05. The Hall–Kier alpha value is -0.840.